The molecule has 2 aromatic heterocycles. The third-order valence-corrected chi connectivity index (χ3v) is 6.41. The molecule has 170 valence electrons. The quantitative estimate of drug-likeness (QED) is 0.364. The van der Waals surface area contributed by atoms with Crippen molar-refractivity contribution in [2.24, 2.45) is 0 Å². The van der Waals surface area contributed by atoms with Crippen LogP contribution in [0.5, 0.6) is 5.75 Å². The maximum absolute atomic E-state index is 12.0. The van der Waals surface area contributed by atoms with Gasteiger partial charge in [0.2, 0.25) is 0 Å². The van der Waals surface area contributed by atoms with Crippen LogP contribution in [-0.2, 0) is 6.54 Å². The molecule has 3 heterocycles. The highest BCUT2D eigenvalue weighted by Crippen LogP contribution is 2.30. The summed E-state index contributed by atoms with van der Waals surface area (Å²) in [6.45, 7) is 2.62. The lowest BCUT2D eigenvalue weighted by Gasteiger charge is -2.32. The SMILES string of the molecule is COc1ccc2oc(=O)cc(NC3CCN(Cc4ccc(-c5ccccc5Cl)o4)CC3)c2c1. The van der Waals surface area contributed by atoms with Crippen LogP contribution < -0.4 is 15.7 Å². The summed E-state index contributed by atoms with van der Waals surface area (Å²) in [5.74, 6) is 2.44. The third kappa shape index (κ3) is 4.77. The molecule has 7 heteroatoms. The van der Waals surface area contributed by atoms with E-state index >= 15 is 0 Å². The fourth-order valence-corrected chi connectivity index (χ4v) is 4.56. The van der Waals surface area contributed by atoms with E-state index < -0.39 is 0 Å². The number of anilines is 1. The minimum absolute atomic E-state index is 0.271. The van der Waals surface area contributed by atoms with E-state index in [1.807, 2.05) is 42.5 Å². The van der Waals surface area contributed by atoms with Crippen molar-refractivity contribution in [1.29, 1.82) is 0 Å². The van der Waals surface area contributed by atoms with E-state index in [1.165, 1.54) is 6.07 Å². The highest BCUT2D eigenvalue weighted by Gasteiger charge is 2.21. The number of hydrogen-bond donors (Lipinski definition) is 1. The maximum atomic E-state index is 12.0. The van der Waals surface area contributed by atoms with Crippen molar-refractivity contribution < 1.29 is 13.6 Å². The van der Waals surface area contributed by atoms with Crippen LogP contribution in [0.2, 0.25) is 5.02 Å². The lowest BCUT2D eigenvalue weighted by atomic mass is 10.0. The molecule has 0 aliphatic carbocycles. The van der Waals surface area contributed by atoms with Crippen molar-refractivity contribution in [2.75, 3.05) is 25.5 Å². The van der Waals surface area contributed by atoms with Gasteiger partial charge in [-0.25, -0.2) is 4.79 Å². The Balaban J connectivity index is 1.23. The molecule has 0 atom stereocenters. The molecule has 4 aromatic rings. The second-order valence-electron chi connectivity index (χ2n) is 8.28. The number of fused-ring (bicyclic) bond motifs is 1. The number of halogens is 1. The highest BCUT2D eigenvalue weighted by atomic mass is 35.5. The van der Waals surface area contributed by atoms with Crippen molar-refractivity contribution in [2.45, 2.75) is 25.4 Å². The van der Waals surface area contributed by atoms with Gasteiger partial charge in [-0.1, -0.05) is 23.7 Å². The van der Waals surface area contributed by atoms with Crippen molar-refractivity contribution in [3.63, 3.8) is 0 Å². The van der Waals surface area contributed by atoms with E-state index in [1.54, 1.807) is 19.2 Å². The Morgan fingerprint density at radius 2 is 1.88 bits per heavy atom. The second kappa shape index (κ2) is 9.33. The standard InChI is InChI=1S/C26H25ClN2O4/c1-31-18-6-8-25-21(14-18)23(15-26(30)33-25)28-17-10-12-29(13-11-17)16-19-7-9-24(32-19)20-4-2-3-5-22(20)27/h2-9,14-15,17,28H,10-13,16H2,1H3. The minimum Gasteiger partial charge on any atom is -0.497 e. The molecule has 0 spiro atoms. The summed E-state index contributed by atoms with van der Waals surface area (Å²) in [6.07, 6.45) is 1.92. The van der Waals surface area contributed by atoms with Gasteiger partial charge in [0.1, 0.15) is 22.9 Å². The lowest BCUT2D eigenvalue weighted by molar-refractivity contribution is 0.197. The fraction of sp³-hybridized carbons (Fsp3) is 0.269. The third-order valence-electron chi connectivity index (χ3n) is 6.08. The van der Waals surface area contributed by atoms with E-state index in [4.69, 9.17) is 25.2 Å². The van der Waals surface area contributed by atoms with Crippen LogP contribution >= 0.6 is 11.6 Å². The zero-order chi connectivity index (χ0) is 22.8. The van der Waals surface area contributed by atoms with Crippen molar-refractivity contribution in [3.8, 4) is 17.1 Å². The monoisotopic (exact) mass is 464 g/mol. The first kappa shape index (κ1) is 21.6. The van der Waals surface area contributed by atoms with Gasteiger partial charge >= 0.3 is 5.63 Å². The zero-order valence-electron chi connectivity index (χ0n) is 18.3. The first-order chi connectivity index (χ1) is 16.1. The van der Waals surface area contributed by atoms with Crippen molar-refractivity contribution in [1.82, 2.24) is 4.90 Å². The Bertz CT molecular complexity index is 1320. The van der Waals surface area contributed by atoms with Gasteiger partial charge in [-0.05, 0) is 55.3 Å². The summed E-state index contributed by atoms with van der Waals surface area (Å²) in [4.78, 5) is 14.4. The molecule has 1 aliphatic rings. The van der Waals surface area contributed by atoms with Gasteiger partial charge in [0.05, 0.1) is 24.4 Å². The van der Waals surface area contributed by atoms with Crippen LogP contribution in [0.3, 0.4) is 0 Å². The molecular formula is C26H25ClN2O4. The molecule has 1 N–H and O–H groups in total. The molecule has 1 saturated heterocycles. The molecule has 0 saturated carbocycles. The number of nitrogens with zero attached hydrogens (tertiary/aromatic N) is 1. The number of nitrogens with one attached hydrogen (secondary N) is 1. The summed E-state index contributed by atoms with van der Waals surface area (Å²) in [7, 11) is 1.62. The molecule has 1 aliphatic heterocycles. The van der Waals surface area contributed by atoms with Crippen LogP contribution in [0.25, 0.3) is 22.3 Å². The molecule has 5 rings (SSSR count). The predicted molar refractivity (Wildman–Crippen MR) is 130 cm³/mol. The van der Waals surface area contributed by atoms with Gasteiger partial charge in [-0.2, -0.15) is 0 Å². The molecule has 0 bridgehead atoms. The summed E-state index contributed by atoms with van der Waals surface area (Å²) < 4.78 is 16.7. The van der Waals surface area contributed by atoms with E-state index in [0.717, 1.165) is 66.4 Å². The Hall–Kier alpha value is -3.22. The molecule has 0 radical (unpaired) electrons. The minimum atomic E-state index is -0.361. The van der Waals surface area contributed by atoms with Crippen LogP contribution in [0.1, 0.15) is 18.6 Å². The molecule has 0 unspecified atom stereocenters. The Morgan fingerprint density at radius 3 is 2.67 bits per heavy atom. The molecular weight excluding hydrogens is 440 g/mol. The summed E-state index contributed by atoms with van der Waals surface area (Å²) in [5.41, 5.74) is 1.88. The number of rotatable bonds is 6. The summed E-state index contributed by atoms with van der Waals surface area (Å²) in [6, 6.07) is 18.9. The zero-order valence-corrected chi connectivity index (χ0v) is 19.1. The van der Waals surface area contributed by atoms with E-state index in [0.29, 0.717) is 10.6 Å². The topological polar surface area (TPSA) is 67.8 Å². The molecule has 0 amide bonds. The van der Waals surface area contributed by atoms with Gasteiger partial charge < -0.3 is 18.9 Å². The number of methoxy groups -OCH3 is 1. The largest absolute Gasteiger partial charge is 0.497 e. The normalized spacial score (nSPS) is 15.1. The predicted octanol–water partition coefficient (Wildman–Crippen LogP) is 5.79. The summed E-state index contributed by atoms with van der Waals surface area (Å²) in [5, 5.41) is 5.08. The number of furan rings is 1. The van der Waals surface area contributed by atoms with Crippen LogP contribution in [0.15, 0.2) is 74.3 Å². The van der Waals surface area contributed by atoms with Gasteiger partial charge in [0.15, 0.2) is 0 Å². The molecule has 33 heavy (non-hydrogen) atoms. The Labute approximate surface area is 196 Å². The number of benzene rings is 2. The average Bonchev–Trinajstić information content (AvgIpc) is 3.28. The first-order valence-corrected chi connectivity index (χ1v) is 11.4. The van der Waals surface area contributed by atoms with Gasteiger partial charge in [0, 0.05) is 36.1 Å². The summed E-state index contributed by atoms with van der Waals surface area (Å²) >= 11 is 6.30. The molecule has 6 nitrogen and oxygen atoms in total. The van der Waals surface area contributed by atoms with E-state index in [-0.39, 0.29) is 11.7 Å². The average molecular weight is 465 g/mol. The fourth-order valence-electron chi connectivity index (χ4n) is 4.33. The second-order valence-corrected chi connectivity index (χ2v) is 8.69. The van der Waals surface area contributed by atoms with Crippen LogP contribution in [0, 0.1) is 0 Å². The smallest absolute Gasteiger partial charge is 0.338 e. The highest BCUT2D eigenvalue weighted by molar-refractivity contribution is 6.33. The van der Waals surface area contributed by atoms with Crippen molar-refractivity contribution >= 4 is 28.3 Å². The maximum Gasteiger partial charge on any atom is 0.338 e. The Morgan fingerprint density at radius 1 is 1.06 bits per heavy atom. The van der Waals surface area contributed by atoms with Gasteiger partial charge in [0.25, 0.3) is 0 Å². The number of piperidine rings is 1. The number of hydrogen-bond acceptors (Lipinski definition) is 6. The van der Waals surface area contributed by atoms with Crippen LogP contribution in [-0.4, -0.2) is 31.1 Å². The van der Waals surface area contributed by atoms with Crippen LogP contribution in [0.4, 0.5) is 5.69 Å². The first-order valence-electron chi connectivity index (χ1n) is 11.0. The molecule has 1 fully saturated rings. The van der Waals surface area contributed by atoms with Gasteiger partial charge in [-0.15, -0.1) is 0 Å². The lowest BCUT2D eigenvalue weighted by Crippen LogP contribution is -2.38. The van der Waals surface area contributed by atoms with E-state index in [9.17, 15) is 4.79 Å². The number of likely N-dealkylation sites (tertiary alicyclic amines) is 1. The molecule has 2 aromatic carbocycles. The Kier molecular flexibility index (Phi) is 6.11. The number of ether oxygens (including phenoxy) is 1. The van der Waals surface area contributed by atoms with Crippen molar-refractivity contribution in [3.05, 3.63) is 81.9 Å². The van der Waals surface area contributed by atoms with E-state index in [2.05, 4.69) is 10.2 Å². The van der Waals surface area contributed by atoms with Gasteiger partial charge in [-0.3, -0.25) is 4.90 Å².